The Hall–Kier alpha value is -4.59. The standard InChI is InChI=1S/C38H50N6O6S/c1-37(2,3)43-35(48)34-38(4,5)51-24-44(34)36(49)33(47)29(20-25-14-8-6-9-15-25)40-22-27(21-31(39)45)42-32(46)23-50-30-19-13-12-18-28(30)41-26-16-10-7-11-17-26/h6-19,27,29,33-34,40-41,47H,20-24H2,1-5H3,(H2,39,45)(H,42,46)(H,43,48)/t27-,29-,33-,34+/m0/s1. The van der Waals surface area contributed by atoms with Crippen molar-refractivity contribution in [3.05, 3.63) is 90.5 Å². The lowest BCUT2D eigenvalue weighted by atomic mass is 9.96. The molecule has 3 aromatic rings. The molecule has 51 heavy (non-hydrogen) atoms. The van der Waals surface area contributed by atoms with E-state index in [1.807, 2.05) is 107 Å². The third-order valence-electron chi connectivity index (χ3n) is 8.25. The lowest BCUT2D eigenvalue weighted by molar-refractivity contribution is -0.147. The Morgan fingerprint density at radius 2 is 1.61 bits per heavy atom. The Morgan fingerprint density at radius 3 is 2.25 bits per heavy atom. The van der Waals surface area contributed by atoms with Crippen LogP contribution in [-0.4, -0.2) is 87.2 Å². The topological polar surface area (TPSA) is 175 Å². The van der Waals surface area contributed by atoms with Crippen LogP contribution < -0.4 is 31.7 Å². The molecule has 7 N–H and O–H groups in total. The minimum Gasteiger partial charge on any atom is -0.482 e. The minimum absolute atomic E-state index is 0.0108. The number of carbonyl (C=O) groups is 4. The predicted octanol–water partition coefficient (Wildman–Crippen LogP) is 3.33. The van der Waals surface area contributed by atoms with Crippen LogP contribution in [0.2, 0.25) is 0 Å². The fourth-order valence-corrected chi connectivity index (χ4v) is 6.99. The number of nitrogens with one attached hydrogen (secondary N) is 4. The number of thioether (sulfide) groups is 1. The molecule has 1 aliphatic rings. The molecule has 4 amide bonds. The number of amides is 4. The maximum Gasteiger partial charge on any atom is 0.258 e. The van der Waals surface area contributed by atoms with E-state index in [1.165, 1.54) is 16.7 Å². The zero-order valence-electron chi connectivity index (χ0n) is 29.8. The van der Waals surface area contributed by atoms with Crippen LogP contribution in [0, 0.1) is 0 Å². The number of primary amides is 1. The molecule has 13 heteroatoms. The van der Waals surface area contributed by atoms with Gasteiger partial charge in [0.25, 0.3) is 11.8 Å². The molecular weight excluding hydrogens is 669 g/mol. The molecule has 1 fully saturated rings. The number of nitrogens with zero attached hydrogens (tertiary/aromatic N) is 1. The molecule has 0 aromatic heterocycles. The highest BCUT2D eigenvalue weighted by atomic mass is 32.2. The first-order valence-corrected chi connectivity index (χ1v) is 17.9. The van der Waals surface area contributed by atoms with E-state index >= 15 is 0 Å². The van der Waals surface area contributed by atoms with Gasteiger partial charge in [0.15, 0.2) is 6.61 Å². The molecule has 4 rings (SSSR count). The van der Waals surface area contributed by atoms with Gasteiger partial charge in [0.1, 0.15) is 17.9 Å². The van der Waals surface area contributed by atoms with E-state index in [0.29, 0.717) is 11.4 Å². The normalized spacial score (nSPS) is 17.1. The number of hydrogen-bond acceptors (Lipinski definition) is 9. The van der Waals surface area contributed by atoms with Crippen molar-refractivity contribution in [1.29, 1.82) is 0 Å². The highest BCUT2D eigenvalue weighted by Gasteiger charge is 2.50. The zero-order valence-corrected chi connectivity index (χ0v) is 30.7. The Bertz CT molecular complexity index is 1630. The summed E-state index contributed by atoms with van der Waals surface area (Å²) in [5, 5.41) is 23.9. The van der Waals surface area contributed by atoms with Crippen molar-refractivity contribution in [2.75, 3.05) is 24.3 Å². The first kappa shape index (κ1) is 39.2. The summed E-state index contributed by atoms with van der Waals surface area (Å²) in [4.78, 5) is 54.0. The molecule has 3 aromatic carbocycles. The summed E-state index contributed by atoms with van der Waals surface area (Å²) >= 11 is 1.47. The number of aliphatic hydroxyl groups is 1. The summed E-state index contributed by atoms with van der Waals surface area (Å²) < 4.78 is 5.26. The van der Waals surface area contributed by atoms with Crippen LogP contribution in [-0.2, 0) is 25.6 Å². The van der Waals surface area contributed by atoms with Gasteiger partial charge in [0.05, 0.1) is 17.6 Å². The minimum atomic E-state index is -1.55. The lowest BCUT2D eigenvalue weighted by Crippen LogP contribution is -2.60. The van der Waals surface area contributed by atoms with E-state index in [1.54, 1.807) is 12.1 Å². The number of rotatable bonds is 16. The van der Waals surface area contributed by atoms with Gasteiger partial charge in [0, 0.05) is 35.0 Å². The van der Waals surface area contributed by atoms with Crippen molar-refractivity contribution in [1.82, 2.24) is 20.9 Å². The van der Waals surface area contributed by atoms with Gasteiger partial charge in [-0.05, 0) is 70.9 Å². The second-order valence-corrected chi connectivity index (χ2v) is 15.8. The SMILES string of the molecule is CC(C)(C)NC(=O)[C@H]1N(C(=O)[C@@H](O)[C@H](Cc2ccccc2)NC[C@H](CC(N)=O)NC(=O)COc2ccccc2Nc2ccccc2)CSC1(C)C. The first-order valence-electron chi connectivity index (χ1n) is 17.0. The van der Waals surface area contributed by atoms with E-state index in [4.69, 9.17) is 10.5 Å². The quantitative estimate of drug-likeness (QED) is 0.130. The molecule has 12 nitrogen and oxygen atoms in total. The first-order chi connectivity index (χ1) is 24.1. The van der Waals surface area contributed by atoms with Crippen LogP contribution in [0.5, 0.6) is 5.75 Å². The number of hydrogen-bond donors (Lipinski definition) is 6. The number of anilines is 2. The number of benzene rings is 3. The second-order valence-electron chi connectivity index (χ2n) is 14.2. The van der Waals surface area contributed by atoms with Crippen LogP contribution in [0.15, 0.2) is 84.9 Å². The van der Waals surface area contributed by atoms with E-state index in [-0.39, 0.29) is 37.8 Å². The Morgan fingerprint density at radius 1 is 0.980 bits per heavy atom. The highest BCUT2D eigenvalue weighted by molar-refractivity contribution is 8.00. The molecule has 0 spiro atoms. The fraction of sp³-hybridized carbons (Fsp3) is 0.421. The number of para-hydroxylation sites is 3. The number of aliphatic hydroxyl groups excluding tert-OH is 1. The van der Waals surface area contributed by atoms with Crippen molar-refractivity contribution >= 4 is 46.8 Å². The van der Waals surface area contributed by atoms with Gasteiger partial charge in [-0.15, -0.1) is 11.8 Å². The second kappa shape index (κ2) is 17.6. The monoisotopic (exact) mass is 718 g/mol. The van der Waals surface area contributed by atoms with Crippen molar-refractivity contribution in [3.8, 4) is 5.75 Å². The summed E-state index contributed by atoms with van der Waals surface area (Å²) in [6, 6.07) is 23.7. The Balaban J connectivity index is 1.46. The third-order valence-corrected chi connectivity index (χ3v) is 9.62. The van der Waals surface area contributed by atoms with E-state index in [0.717, 1.165) is 11.3 Å². The summed E-state index contributed by atoms with van der Waals surface area (Å²) in [6.07, 6.45) is -1.49. The maximum absolute atomic E-state index is 14.0. The van der Waals surface area contributed by atoms with E-state index < -0.39 is 52.2 Å². The Labute approximate surface area is 304 Å². The summed E-state index contributed by atoms with van der Waals surface area (Å²) in [5.41, 5.74) is 7.42. The predicted molar refractivity (Wildman–Crippen MR) is 200 cm³/mol. The molecule has 0 aliphatic carbocycles. The van der Waals surface area contributed by atoms with Crippen LogP contribution >= 0.6 is 11.8 Å². The summed E-state index contributed by atoms with van der Waals surface area (Å²) in [7, 11) is 0. The van der Waals surface area contributed by atoms with Gasteiger partial charge in [-0.1, -0.05) is 60.7 Å². The molecule has 1 aliphatic heterocycles. The van der Waals surface area contributed by atoms with Gasteiger partial charge < -0.3 is 41.7 Å². The van der Waals surface area contributed by atoms with E-state index in [9.17, 15) is 24.3 Å². The van der Waals surface area contributed by atoms with Crippen molar-refractivity contribution in [3.63, 3.8) is 0 Å². The smallest absolute Gasteiger partial charge is 0.258 e. The average Bonchev–Trinajstić information content (AvgIpc) is 3.40. The Kier molecular flexibility index (Phi) is 13.5. The number of nitrogens with two attached hydrogens (primary N) is 1. The van der Waals surface area contributed by atoms with Gasteiger partial charge in [0.2, 0.25) is 11.8 Å². The molecular formula is C38H50N6O6S. The molecule has 274 valence electrons. The summed E-state index contributed by atoms with van der Waals surface area (Å²) in [6.45, 7) is 9.10. The van der Waals surface area contributed by atoms with Crippen molar-refractivity contribution in [2.24, 2.45) is 5.73 Å². The van der Waals surface area contributed by atoms with Crippen LogP contribution in [0.25, 0.3) is 0 Å². The molecule has 0 radical (unpaired) electrons. The van der Waals surface area contributed by atoms with Crippen LogP contribution in [0.4, 0.5) is 11.4 Å². The highest BCUT2D eigenvalue weighted by Crippen LogP contribution is 2.40. The maximum atomic E-state index is 14.0. The van der Waals surface area contributed by atoms with Gasteiger partial charge in [-0.3, -0.25) is 19.2 Å². The third kappa shape index (κ3) is 11.7. The van der Waals surface area contributed by atoms with Gasteiger partial charge >= 0.3 is 0 Å². The lowest BCUT2D eigenvalue weighted by Gasteiger charge is -2.35. The van der Waals surface area contributed by atoms with Crippen LogP contribution in [0.3, 0.4) is 0 Å². The van der Waals surface area contributed by atoms with Crippen molar-refractivity contribution < 1.29 is 29.0 Å². The average molecular weight is 719 g/mol. The number of carbonyl (C=O) groups excluding carboxylic acids is 4. The molecule has 0 unspecified atom stereocenters. The number of ether oxygens (including phenoxy) is 1. The fourth-order valence-electron chi connectivity index (χ4n) is 5.85. The van der Waals surface area contributed by atoms with E-state index in [2.05, 4.69) is 21.3 Å². The van der Waals surface area contributed by atoms with Gasteiger partial charge in [-0.2, -0.15) is 0 Å². The molecule has 4 atom stereocenters. The van der Waals surface area contributed by atoms with Crippen LogP contribution in [0.1, 0.15) is 46.6 Å². The molecule has 0 saturated carbocycles. The molecule has 1 saturated heterocycles. The van der Waals surface area contributed by atoms with Gasteiger partial charge in [-0.25, -0.2) is 0 Å². The summed E-state index contributed by atoms with van der Waals surface area (Å²) in [5.74, 6) is -1.33. The zero-order chi connectivity index (χ0) is 37.2. The largest absolute Gasteiger partial charge is 0.482 e. The molecule has 1 heterocycles. The molecule has 0 bridgehead atoms. The van der Waals surface area contributed by atoms with Crippen molar-refractivity contribution in [2.45, 2.75) is 82.0 Å².